The minimum Gasteiger partial charge on any atom is -0.342 e. The fraction of sp³-hybridized carbons (Fsp3) is 0.462. The molecule has 0 aliphatic rings. The Hall–Kier alpha value is -1.04. The second-order valence-electron chi connectivity index (χ2n) is 4.27. The summed E-state index contributed by atoms with van der Waals surface area (Å²) in [6, 6.07) is 3.58. The number of benzene rings is 1. The van der Waals surface area contributed by atoms with Gasteiger partial charge in [-0.3, -0.25) is 4.79 Å². The molecule has 1 rings (SSSR count). The number of carbonyl (C=O) groups excluding carboxylic acids is 1. The number of rotatable bonds is 4. The van der Waals surface area contributed by atoms with Crippen molar-refractivity contribution in [2.24, 2.45) is 0 Å². The molecular formula is C13H15BrF3NO. The average Bonchev–Trinajstić information content (AvgIpc) is 2.34. The number of carbonyl (C=O) groups is 1. The van der Waals surface area contributed by atoms with Crippen molar-refractivity contribution in [3.63, 3.8) is 0 Å². The quantitative estimate of drug-likeness (QED) is 0.800. The van der Waals surface area contributed by atoms with Gasteiger partial charge in [0.15, 0.2) is 0 Å². The van der Waals surface area contributed by atoms with E-state index in [1.165, 1.54) is 24.1 Å². The molecule has 0 spiro atoms. The first-order valence-corrected chi connectivity index (χ1v) is 6.69. The molecule has 19 heavy (non-hydrogen) atoms. The summed E-state index contributed by atoms with van der Waals surface area (Å²) in [4.78, 5) is 13.4. The fourth-order valence-electron chi connectivity index (χ4n) is 1.64. The lowest BCUT2D eigenvalue weighted by Gasteiger charge is -2.20. The van der Waals surface area contributed by atoms with Crippen molar-refractivity contribution in [3.05, 3.63) is 33.8 Å². The van der Waals surface area contributed by atoms with Gasteiger partial charge in [-0.25, -0.2) is 0 Å². The van der Waals surface area contributed by atoms with Crippen LogP contribution in [0.1, 0.15) is 35.7 Å². The van der Waals surface area contributed by atoms with Crippen LogP contribution in [-0.4, -0.2) is 24.4 Å². The van der Waals surface area contributed by atoms with Crippen LogP contribution in [-0.2, 0) is 6.18 Å². The van der Waals surface area contributed by atoms with Gasteiger partial charge in [0, 0.05) is 18.1 Å². The highest BCUT2D eigenvalue weighted by molar-refractivity contribution is 9.10. The Morgan fingerprint density at radius 3 is 2.53 bits per heavy atom. The molecule has 0 N–H and O–H groups in total. The van der Waals surface area contributed by atoms with E-state index < -0.39 is 17.6 Å². The summed E-state index contributed by atoms with van der Waals surface area (Å²) >= 11 is 2.99. The molecular weight excluding hydrogens is 323 g/mol. The molecule has 0 aromatic heterocycles. The lowest BCUT2D eigenvalue weighted by molar-refractivity contribution is -0.138. The molecule has 1 amide bonds. The molecule has 0 unspecified atom stereocenters. The van der Waals surface area contributed by atoms with Crippen LogP contribution >= 0.6 is 15.9 Å². The average molecular weight is 338 g/mol. The molecule has 0 aliphatic heterocycles. The summed E-state index contributed by atoms with van der Waals surface area (Å²) in [6.45, 7) is 2.40. The van der Waals surface area contributed by atoms with Gasteiger partial charge >= 0.3 is 6.18 Å². The molecule has 0 bridgehead atoms. The monoisotopic (exact) mass is 337 g/mol. The topological polar surface area (TPSA) is 20.3 Å². The summed E-state index contributed by atoms with van der Waals surface area (Å²) in [7, 11) is 1.51. The zero-order chi connectivity index (χ0) is 14.6. The predicted octanol–water partition coefficient (Wildman–Crippen LogP) is 4.34. The van der Waals surface area contributed by atoms with Gasteiger partial charge in [0.2, 0.25) is 0 Å². The first-order valence-electron chi connectivity index (χ1n) is 5.89. The van der Waals surface area contributed by atoms with Crippen LogP contribution in [0.2, 0.25) is 0 Å². The zero-order valence-electron chi connectivity index (χ0n) is 10.7. The third kappa shape index (κ3) is 4.23. The van der Waals surface area contributed by atoms with Gasteiger partial charge < -0.3 is 4.90 Å². The molecule has 0 heterocycles. The van der Waals surface area contributed by atoms with Gasteiger partial charge in [0.05, 0.1) is 11.1 Å². The standard InChI is InChI=1S/C13H15BrF3NO/c1-3-4-7-18(2)12(19)10-6-5-9(14)8-11(10)13(15,16)17/h5-6,8H,3-4,7H2,1-2H3. The summed E-state index contributed by atoms with van der Waals surface area (Å²) in [5, 5.41) is 0. The number of amides is 1. The van der Waals surface area contributed by atoms with E-state index in [-0.39, 0.29) is 5.56 Å². The Kier molecular flexibility index (Phi) is 5.40. The minimum absolute atomic E-state index is 0.299. The highest BCUT2D eigenvalue weighted by atomic mass is 79.9. The van der Waals surface area contributed by atoms with E-state index in [0.717, 1.165) is 18.9 Å². The Morgan fingerprint density at radius 1 is 1.37 bits per heavy atom. The summed E-state index contributed by atoms with van der Waals surface area (Å²) in [5.74, 6) is -0.603. The molecule has 0 atom stereocenters. The van der Waals surface area contributed by atoms with Crippen molar-refractivity contribution in [2.75, 3.05) is 13.6 Å². The molecule has 0 saturated heterocycles. The summed E-state index contributed by atoms with van der Waals surface area (Å²) in [6.07, 6.45) is -2.90. The van der Waals surface area contributed by atoms with Crippen LogP contribution < -0.4 is 0 Å². The molecule has 1 aromatic rings. The minimum atomic E-state index is -4.54. The second kappa shape index (κ2) is 6.41. The zero-order valence-corrected chi connectivity index (χ0v) is 12.3. The van der Waals surface area contributed by atoms with Crippen LogP contribution in [0.3, 0.4) is 0 Å². The molecule has 6 heteroatoms. The third-order valence-electron chi connectivity index (χ3n) is 2.71. The highest BCUT2D eigenvalue weighted by Gasteiger charge is 2.35. The Bertz CT molecular complexity index is 460. The second-order valence-corrected chi connectivity index (χ2v) is 5.18. The maximum Gasteiger partial charge on any atom is 0.417 e. The van der Waals surface area contributed by atoms with Gasteiger partial charge in [0.25, 0.3) is 5.91 Å². The number of nitrogens with zero attached hydrogens (tertiary/aromatic N) is 1. The maximum absolute atomic E-state index is 12.9. The summed E-state index contributed by atoms with van der Waals surface area (Å²) in [5.41, 5.74) is -1.22. The van der Waals surface area contributed by atoms with Crippen molar-refractivity contribution >= 4 is 21.8 Å². The Morgan fingerprint density at radius 2 is 2.00 bits per heavy atom. The number of unbranched alkanes of at least 4 members (excludes halogenated alkanes) is 1. The fourth-order valence-corrected chi connectivity index (χ4v) is 2.00. The Labute approximate surface area is 118 Å². The SMILES string of the molecule is CCCCN(C)C(=O)c1ccc(Br)cc1C(F)(F)F. The first-order chi connectivity index (χ1) is 8.77. The van der Waals surface area contributed by atoms with E-state index in [2.05, 4.69) is 15.9 Å². The predicted molar refractivity (Wildman–Crippen MR) is 71.0 cm³/mol. The van der Waals surface area contributed by atoms with E-state index in [9.17, 15) is 18.0 Å². The van der Waals surface area contributed by atoms with E-state index in [4.69, 9.17) is 0 Å². The molecule has 0 aliphatic carbocycles. The van der Waals surface area contributed by atoms with E-state index >= 15 is 0 Å². The number of halogens is 4. The third-order valence-corrected chi connectivity index (χ3v) is 3.20. The van der Waals surface area contributed by atoms with E-state index in [0.29, 0.717) is 11.0 Å². The smallest absolute Gasteiger partial charge is 0.342 e. The highest BCUT2D eigenvalue weighted by Crippen LogP contribution is 2.34. The van der Waals surface area contributed by atoms with E-state index in [1.807, 2.05) is 6.92 Å². The first kappa shape index (κ1) is 16.0. The van der Waals surface area contributed by atoms with Crippen LogP contribution in [0.25, 0.3) is 0 Å². The molecule has 0 saturated carbocycles. The molecule has 0 fully saturated rings. The van der Waals surface area contributed by atoms with Crippen molar-refractivity contribution in [1.29, 1.82) is 0 Å². The van der Waals surface area contributed by atoms with E-state index in [1.54, 1.807) is 0 Å². The van der Waals surface area contributed by atoms with Crippen molar-refractivity contribution in [2.45, 2.75) is 25.9 Å². The van der Waals surface area contributed by atoms with Crippen LogP contribution in [0.15, 0.2) is 22.7 Å². The van der Waals surface area contributed by atoms with Crippen LogP contribution in [0.4, 0.5) is 13.2 Å². The number of hydrogen-bond donors (Lipinski definition) is 0. The summed E-state index contributed by atoms with van der Waals surface area (Å²) < 4.78 is 39.0. The number of hydrogen-bond acceptors (Lipinski definition) is 1. The van der Waals surface area contributed by atoms with Crippen molar-refractivity contribution in [1.82, 2.24) is 4.90 Å². The molecule has 1 aromatic carbocycles. The van der Waals surface area contributed by atoms with Gasteiger partial charge in [0.1, 0.15) is 0 Å². The van der Waals surface area contributed by atoms with Gasteiger partial charge in [-0.1, -0.05) is 29.3 Å². The number of alkyl halides is 3. The molecule has 2 nitrogen and oxygen atoms in total. The van der Waals surface area contributed by atoms with Crippen molar-refractivity contribution < 1.29 is 18.0 Å². The van der Waals surface area contributed by atoms with Gasteiger partial charge in [-0.2, -0.15) is 13.2 Å². The van der Waals surface area contributed by atoms with Gasteiger partial charge in [-0.15, -0.1) is 0 Å². The Balaban J connectivity index is 3.09. The van der Waals surface area contributed by atoms with Gasteiger partial charge in [-0.05, 0) is 24.6 Å². The van der Waals surface area contributed by atoms with Crippen LogP contribution in [0, 0.1) is 0 Å². The van der Waals surface area contributed by atoms with Crippen LogP contribution in [0.5, 0.6) is 0 Å². The maximum atomic E-state index is 12.9. The lowest BCUT2D eigenvalue weighted by atomic mass is 10.1. The van der Waals surface area contributed by atoms with Crippen molar-refractivity contribution in [3.8, 4) is 0 Å². The molecule has 106 valence electrons. The molecule has 0 radical (unpaired) electrons. The lowest BCUT2D eigenvalue weighted by Crippen LogP contribution is -2.29. The largest absolute Gasteiger partial charge is 0.417 e. The normalized spacial score (nSPS) is 11.5.